The van der Waals surface area contributed by atoms with Gasteiger partial charge in [0.25, 0.3) is 5.91 Å². The fraction of sp³-hybridized carbons (Fsp3) is 0.0667. The average Bonchev–Trinajstić information content (AvgIpc) is 2.48. The molecule has 0 heterocycles. The van der Waals surface area contributed by atoms with Crippen LogP contribution in [0.1, 0.15) is 15.9 Å². The van der Waals surface area contributed by atoms with Gasteiger partial charge in [0, 0.05) is 6.07 Å². The lowest BCUT2D eigenvalue weighted by Gasteiger charge is -2.04. The zero-order valence-corrected chi connectivity index (χ0v) is 11.6. The number of aromatic hydroxyl groups is 3. The van der Waals surface area contributed by atoms with Crippen LogP contribution in [0.15, 0.2) is 41.5 Å². The highest BCUT2D eigenvalue weighted by Gasteiger charge is 2.10. The number of hydrazone groups is 1. The molecule has 0 spiro atoms. The maximum Gasteiger partial charge on any atom is 0.275 e. The normalized spacial score (nSPS) is 10.6. The number of carbonyl (C=O) groups is 1. The van der Waals surface area contributed by atoms with Crippen LogP contribution >= 0.6 is 0 Å². The molecule has 0 fully saturated rings. The first-order chi connectivity index (χ1) is 10.5. The molecule has 0 aliphatic carbocycles. The number of phenolic OH excluding ortho intramolecular Hbond substituents is 3. The number of rotatable bonds is 4. The van der Waals surface area contributed by atoms with E-state index in [0.717, 1.165) is 6.07 Å². The van der Waals surface area contributed by atoms with Crippen molar-refractivity contribution in [2.45, 2.75) is 0 Å². The Morgan fingerprint density at radius 3 is 2.59 bits per heavy atom. The van der Waals surface area contributed by atoms with E-state index in [0.29, 0.717) is 5.56 Å². The molecule has 2 aromatic carbocycles. The molecule has 0 aliphatic heterocycles. The lowest BCUT2D eigenvalue weighted by Crippen LogP contribution is -2.17. The monoisotopic (exact) mass is 302 g/mol. The quantitative estimate of drug-likeness (QED) is 0.506. The number of hydrogen-bond acceptors (Lipinski definition) is 6. The molecule has 0 bridgehead atoms. The molecule has 22 heavy (non-hydrogen) atoms. The van der Waals surface area contributed by atoms with Crippen molar-refractivity contribution in [3.8, 4) is 23.0 Å². The standard InChI is InChI=1S/C15H14N2O5/c1-22-14-6-9(2-5-12(14)19)8-16-17-15(21)11-4-3-10(18)7-13(11)20/h2-8,18-20H,1H3,(H,17,21). The second kappa shape index (κ2) is 6.49. The molecule has 4 N–H and O–H groups in total. The number of nitrogens with one attached hydrogen (secondary N) is 1. The maximum absolute atomic E-state index is 11.8. The van der Waals surface area contributed by atoms with Crippen LogP contribution in [0.4, 0.5) is 0 Å². The molecule has 2 rings (SSSR count). The summed E-state index contributed by atoms with van der Waals surface area (Å²) in [7, 11) is 1.42. The van der Waals surface area contributed by atoms with Crippen LogP contribution < -0.4 is 10.2 Å². The zero-order valence-electron chi connectivity index (χ0n) is 11.6. The highest BCUT2D eigenvalue weighted by molar-refractivity contribution is 5.97. The first kappa shape index (κ1) is 15.2. The molecule has 7 nitrogen and oxygen atoms in total. The van der Waals surface area contributed by atoms with Crippen molar-refractivity contribution in [3.63, 3.8) is 0 Å². The van der Waals surface area contributed by atoms with E-state index in [1.165, 1.54) is 31.5 Å². The van der Waals surface area contributed by atoms with Gasteiger partial charge < -0.3 is 20.1 Å². The Kier molecular flexibility index (Phi) is 4.47. The molecule has 2 aromatic rings. The predicted molar refractivity (Wildman–Crippen MR) is 79.5 cm³/mol. The van der Waals surface area contributed by atoms with Crippen LogP contribution in [-0.2, 0) is 0 Å². The third kappa shape index (κ3) is 3.45. The summed E-state index contributed by atoms with van der Waals surface area (Å²) < 4.78 is 4.95. The van der Waals surface area contributed by atoms with E-state index in [4.69, 9.17) is 9.84 Å². The summed E-state index contributed by atoms with van der Waals surface area (Å²) in [5.74, 6) is -0.837. The summed E-state index contributed by atoms with van der Waals surface area (Å²) in [5, 5.41) is 31.9. The van der Waals surface area contributed by atoms with E-state index in [-0.39, 0.29) is 28.6 Å². The first-order valence-corrected chi connectivity index (χ1v) is 6.23. The number of carbonyl (C=O) groups excluding carboxylic acids is 1. The largest absolute Gasteiger partial charge is 0.508 e. The number of benzene rings is 2. The van der Waals surface area contributed by atoms with E-state index in [2.05, 4.69) is 10.5 Å². The van der Waals surface area contributed by atoms with Crippen molar-refractivity contribution < 1.29 is 24.9 Å². The van der Waals surface area contributed by atoms with Crippen molar-refractivity contribution >= 4 is 12.1 Å². The second-order valence-electron chi connectivity index (χ2n) is 4.33. The summed E-state index contributed by atoms with van der Waals surface area (Å²) in [6.07, 6.45) is 1.36. The molecular formula is C15H14N2O5. The van der Waals surface area contributed by atoms with E-state index in [1.807, 2.05) is 0 Å². The highest BCUT2D eigenvalue weighted by atomic mass is 16.5. The van der Waals surface area contributed by atoms with Crippen LogP contribution in [0.5, 0.6) is 23.0 Å². The molecule has 0 atom stereocenters. The van der Waals surface area contributed by atoms with Crippen LogP contribution in [0.3, 0.4) is 0 Å². The Bertz CT molecular complexity index is 728. The molecular weight excluding hydrogens is 288 g/mol. The zero-order chi connectivity index (χ0) is 16.1. The third-order valence-corrected chi connectivity index (χ3v) is 2.81. The van der Waals surface area contributed by atoms with Gasteiger partial charge in [0.05, 0.1) is 18.9 Å². The summed E-state index contributed by atoms with van der Waals surface area (Å²) in [4.78, 5) is 11.8. The number of amides is 1. The average molecular weight is 302 g/mol. The van der Waals surface area contributed by atoms with Crippen molar-refractivity contribution in [1.82, 2.24) is 5.43 Å². The van der Waals surface area contributed by atoms with Gasteiger partial charge in [-0.15, -0.1) is 0 Å². The van der Waals surface area contributed by atoms with Crippen molar-refractivity contribution in [3.05, 3.63) is 47.5 Å². The van der Waals surface area contributed by atoms with Crippen LogP contribution in [0.2, 0.25) is 0 Å². The molecule has 7 heteroatoms. The molecule has 0 unspecified atom stereocenters. The third-order valence-electron chi connectivity index (χ3n) is 2.81. The van der Waals surface area contributed by atoms with Gasteiger partial charge in [-0.1, -0.05) is 0 Å². The minimum Gasteiger partial charge on any atom is -0.508 e. The molecule has 114 valence electrons. The summed E-state index contributed by atoms with van der Waals surface area (Å²) >= 11 is 0. The molecule has 1 amide bonds. The Labute approximate surface area is 126 Å². The van der Waals surface area contributed by atoms with Crippen LogP contribution in [0.25, 0.3) is 0 Å². The smallest absolute Gasteiger partial charge is 0.275 e. The van der Waals surface area contributed by atoms with Gasteiger partial charge in [-0.3, -0.25) is 4.79 Å². The summed E-state index contributed by atoms with van der Waals surface area (Å²) in [6.45, 7) is 0. The number of hydrogen-bond donors (Lipinski definition) is 4. The fourth-order valence-corrected chi connectivity index (χ4v) is 1.71. The molecule has 0 aliphatic rings. The van der Waals surface area contributed by atoms with Gasteiger partial charge in [-0.25, -0.2) is 5.43 Å². The lowest BCUT2D eigenvalue weighted by molar-refractivity contribution is 0.0952. The summed E-state index contributed by atoms with van der Waals surface area (Å²) in [6, 6.07) is 8.19. The van der Waals surface area contributed by atoms with Crippen molar-refractivity contribution in [1.29, 1.82) is 0 Å². The van der Waals surface area contributed by atoms with Crippen molar-refractivity contribution in [2.75, 3.05) is 7.11 Å². The maximum atomic E-state index is 11.8. The number of methoxy groups -OCH3 is 1. The topological polar surface area (TPSA) is 111 Å². The number of nitrogens with zero attached hydrogens (tertiary/aromatic N) is 1. The predicted octanol–water partition coefficient (Wildman–Crippen LogP) is 1.58. The Balaban J connectivity index is 2.07. The van der Waals surface area contributed by atoms with Gasteiger partial charge in [-0.05, 0) is 35.9 Å². The Morgan fingerprint density at radius 2 is 1.91 bits per heavy atom. The minimum absolute atomic E-state index is 0.00213. The van der Waals surface area contributed by atoms with Crippen LogP contribution in [0, 0.1) is 0 Å². The SMILES string of the molecule is COc1cc(C=NNC(=O)c2ccc(O)cc2O)ccc1O. The molecule has 0 saturated carbocycles. The Hall–Kier alpha value is -3.22. The number of phenols is 3. The van der Waals surface area contributed by atoms with E-state index in [9.17, 15) is 15.0 Å². The van der Waals surface area contributed by atoms with Gasteiger partial charge in [-0.2, -0.15) is 5.10 Å². The van der Waals surface area contributed by atoms with Gasteiger partial charge in [0.15, 0.2) is 11.5 Å². The minimum atomic E-state index is -0.625. The molecule has 0 radical (unpaired) electrons. The van der Waals surface area contributed by atoms with E-state index < -0.39 is 5.91 Å². The van der Waals surface area contributed by atoms with Gasteiger partial charge in [0.2, 0.25) is 0 Å². The second-order valence-corrected chi connectivity index (χ2v) is 4.33. The van der Waals surface area contributed by atoms with E-state index in [1.54, 1.807) is 12.1 Å². The van der Waals surface area contributed by atoms with Gasteiger partial charge >= 0.3 is 0 Å². The van der Waals surface area contributed by atoms with Crippen molar-refractivity contribution in [2.24, 2.45) is 5.10 Å². The molecule has 0 saturated heterocycles. The fourth-order valence-electron chi connectivity index (χ4n) is 1.71. The van der Waals surface area contributed by atoms with Crippen LogP contribution in [-0.4, -0.2) is 34.6 Å². The van der Waals surface area contributed by atoms with Gasteiger partial charge in [0.1, 0.15) is 11.5 Å². The highest BCUT2D eigenvalue weighted by Crippen LogP contribution is 2.25. The first-order valence-electron chi connectivity index (χ1n) is 6.23. The lowest BCUT2D eigenvalue weighted by atomic mass is 10.2. The molecule has 0 aromatic heterocycles. The van der Waals surface area contributed by atoms with E-state index >= 15 is 0 Å². The Morgan fingerprint density at radius 1 is 1.14 bits per heavy atom. The number of ether oxygens (including phenoxy) is 1. The summed E-state index contributed by atoms with van der Waals surface area (Å²) in [5.41, 5.74) is 2.83.